The van der Waals surface area contributed by atoms with Crippen LogP contribution in [0.4, 0.5) is 0 Å². The molecule has 1 amide bonds. The Bertz CT molecular complexity index is 555. The second-order valence-electron chi connectivity index (χ2n) is 3.37. The number of carbonyl (C=O) groups is 1. The van der Waals surface area contributed by atoms with Crippen LogP contribution >= 0.6 is 0 Å². The molecule has 2 rings (SSSR count). The summed E-state index contributed by atoms with van der Waals surface area (Å²) < 4.78 is 5.03. The number of methoxy groups -OCH3 is 1. The molecule has 0 radical (unpaired) electrons. The lowest BCUT2D eigenvalue weighted by Crippen LogP contribution is -2.12. The number of primary amides is 1. The summed E-state index contributed by atoms with van der Waals surface area (Å²) >= 11 is 0. The normalized spacial score (nSPS) is 9.94. The zero-order chi connectivity index (χ0) is 12.3. The molecule has 0 aromatic carbocycles. The minimum absolute atomic E-state index is 0.376. The van der Waals surface area contributed by atoms with Crippen LogP contribution in [0.5, 0.6) is 5.88 Å². The van der Waals surface area contributed by atoms with Crippen LogP contribution in [-0.4, -0.2) is 23.0 Å². The molecule has 0 aliphatic carbocycles. The standard InChI is InChI=1S/C12H11N3O2/c1-17-11-6-8(2-5-15-11)9-3-4-14-7-10(9)12(13)16/h2-7H,1H3,(H2,13,16). The van der Waals surface area contributed by atoms with E-state index in [4.69, 9.17) is 10.5 Å². The topological polar surface area (TPSA) is 78.1 Å². The summed E-state index contributed by atoms with van der Waals surface area (Å²) in [7, 11) is 1.54. The molecule has 0 atom stereocenters. The monoisotopic (exact) mass is 229 g/mol. The summed E-state index contributed by atoms with van der Waals surface area (Å²) in [6.45, 7) is 0. The summed E-state index contributed by atoms with van der Waals surface area (Å²) in [6.07, 6.45) is 4.67. The Balaban J connectivity index is 2.56. The van der Waals surface area contributed by atoms with Gasteiger partial charge >= 0.3 is 0 Å². The molecule has 2 N–H and O–H groups in total. The molecule has 5 heteroatoms. The van der Waals surface area contributed by atoms with E-state index in [0.717, 1.165) is 5.56 Å². The number of nitrogens with two attached hydrogens (primary N) is 1. The van der Waals surface area contributed by atoms with Crippen molar-refractivity contribution >= 4 is 5.91 Å². The Hall–Kier alpha value is -2.43. The highest BCUT2D eigenvalue weighted by Gasteiger charge is 2.10. The summed E-state index contributed by atoms with van der Waals surface area (Å²) in [5, 5.41) is 0. The highest BCUT2D eigenvalue weighted by Crippen LogP contribution is 2.24. The van der Waals surface area contributed by atoms with Gasteiger partial charge in [0.25, 0.3) is 5.91 Å². The van der Waals surface area contributed by atoms with E-state index < -0.39 is 5.91 Å². The van der Waals surface area contributed by atoms with Crippen LogP contribution in [0.3, 0.4) is 0 Å². The minimum Gasteiger partial charge on any atom is -0.481 e. The highest BCUT2D eigenvalue weighted by atomic mass is 16.5. The van der Waals surface area contributed by atoms with Crippen molar-refractivity contribution < 1.29 is 9.53 Å². The average Bonchev–Trinajstić information content (AvgIpc) is 2.39. The van der Waals surface area contributed by atoms with Gasteiger partial charge in [0.1, 0.15) is 0 Å². The van der Waals surface area contributed by atoms with Crippen molar-refractivity contribution in [3.8, 4) is 17.0 Å². The molecule has 0 saturated carbocycles. The highest BCUT2D eigenvalue weighted by molar-refractivity contribution is 5.99. The molecule has 17 heavy (non-hydrogen) atoms. The van der Waals surface area contributed by atoms with E-state index in [2.05, 4.69) is 9.97 Å². The molecule has 5 nitrogen and oxygen atoms in total. The largest absolute Gasteiger partial charge is 0.481 e. The zero-order valence-electron chi connectivity index (χ0n) is 9.25. The van der Waals surface area contributed by atoms with E-state index in [1.54, 1.807) is 30.6 Å². The molecule has 2 aromatic rings. The fourth-order valence-corrected chi connectivity index (χ4v) is 1.53. The van der Waals surface area contributed by atoms with E-state index in [1.165, 1.54) is 13.3 Å². The van der Waals surface area contributed by atoms with E-state index >= 15 is 0 Å². The number of pyridine rings is 2. The van der Waals surface area contributed by atoms with Gasteiger partial charge in [-0.1, -0.05) is 0 Å². The van der Waals surface area contributed by atoms with Crippen LogP contribution in [0.25, 0.3) is 11.1 Å². The van der Waals surface area contributed by atoms with Crippen molar-refractivity contribution in [3.05, 3.63) is 42.4 Å². The molecule has 0 aliphatic rings. The smallest absolute Gasteiger partial charge is 0.250 e. The average molecular weight is 229 g/mol. The van der Waals surface area contributed by atoms with Crippen LogP contribution in [-0.2, 0) is 0 Å². The summed E-state index contributed by atoms with van der Waals surface area (Å²) in [5.74, 6) is -0.0291. The third-order valence-electron chi connectivity index (χ3n) is 2.34. The Morgan fingerprint density at radius 2 is 2.18 bits per heavy atom. The Kier molecular flexibility index (Phi) is 3.00. The predicted octanol–water partition coefficient (Wildman–Crippen LogP) is 1.25. The van der Waals surface area contributed by atoms with Gasteiger partial charge in [-0.05, 0) is 23.3 Å². The van der Waals surface area contributed by atoms with Gasteiger partial charge in [0, 0.05) is 24.7 Å². The molecule has 0 aliphatic heterocycles. The van der Waals surface area contributed by atoms with Crippen molar-refractivity contribution in [1.29, 1.82) is 0 Å². The fraction of sp³-hybridized carbons (Fsp3) is 0.0833. The second kappa shape index (κ2) is 4.61. The fourth-order valence-electron chi connectivity index (χ4n) is 1.53. The van der Waals surface area contributed by atoms with Crippen molar-refractivity contribution in [2.75, 3.05) is 7.11 Å². The number of rotatable bonds is 3. The third kappa shape index (κ3) is 2.23. The molecule has 0 bridgehead atoms. The number of carbonyl (C=O) groups excluding carboxylic acids is 1. The summed E-state index contributed by atoms with van der Waals surface area (Å²) in [5.41, 5.74) is 7.20. The zero-order valence-corrected chi connectivity index (χ0v) is 9.25. The second-order valence-corrected chi connectivity index (χ2v) is 3.37. The lowest BCUT2D eigenvalue weighted by molar-refractivity contribution is 0.100. The van der Waals surface area contributed by atoms with Crippen LogP contribution < -0.4 is 10.5 Å². The molecule has 0 spiro atoms. The van der Waals surface area contributed by atoms with Gasteiger partial charge in [-0.2, -0.15) is 0 Å². The maximum Gasteiger partial charge on any atom is 0.250 e. The number of ether oxygens (including phenoxy) is 1. The van der Waals surface area contributed by atoms with Gasteiger partial charge in [0.05, 0.1) is 12.7 Å². The molecular formula is C12H11N3O2. The molecule has 0 unspecified atom stereocenters. The lowest BCUT2D eigenvalue weighted by atomic mass is 10.0. The van der Waals surface area contributed by atoms with Crippen molar-refractivity contribution in [2.45, 2.75) is 0 Å². The molecule has 86 valence electrons. The van der Waals surface area contributed by atoms with Crippen LogP contribution in [0.1, 0.15) is 10.4 Å². The molecular weight excluding hydrogens is 218 g/mol. The van der Waals surface area contributed by atoms with Gasteiger partial charge in [0.15, 0.2) is 0 Å². The molecule has 2 heterocycles. The first-order chi connectivity index (χ1) is 8.22. The van der Waals surface area contributed by atoms with Crippen LogP contribution in [0.2, 0.25) is 0 Å². The lowest BCUT2D eigenvalue weighted by Gasteiger charge is -2.07. The van der Waals surface area contributed by atoms with Gasteiger partial charge in [-0.15, -0.1) is 0 Å². The van der Waals surface area contributed by atoms with E-state index in [0.29, 0.717) is 17.0 Å². The Morgan fingerprint density at radius 3 is 2.88 bits per heavy atom. The number of nitrogens with zero attached hydrogens (tertiary/aromatic N) is 2. The van der Waals surface area contributed by atoms with E-state index in [9.17, 15) is 4.79 Å². The van der Waals surface area contributed by atoms with E-state index in [-0.39, 0.29) is 0 Å². The maximum absolute atomic E-state index is 11.3. The summed E-state index contributed by atoms with van der Waals surface area (Å²) in [4.78, 5) is 19.2. The van der Waals surface area contributed by atoms with Crippen LogP contribution in [0.15, 0.2) is 36.8 Å². The van der Waals surface area contributed by atoms with Crippen molar-refractivity contribution in [2.24, 2.45) is 5.73 Å². The minimum atomic E-state index is -0.510. The van der Waals surface area contributed by atoms with Gasteiger partial charge < -0.3 is 10.5 Å². The Morgan fingerprint density at radius 1 is 1.35 bits per heavy atom. The summed E-state index contributed by atoms with van der Waals surface area (Å²) in [6, 6.07) is 5.25. The van der Waals surface area contributed by atoms with Gasteiger partial charge in [-0.3, -0.25) is 9.78 Å². The van der Waals surface area contributed by atoms with Crippen LogP contribution in [0, 0.1) is 0 Å². The first-order valence-corrected chi connectivity index (χ1v) is 4.96. The first kappa shape index (κ1) is 11.1. The third-order valence-corrected chi connectivity index (χ3v) is 2.34. The quantitative estimate of drug-likeness (QED) is 0.859. The van der Waals surface area contributed by atoms with Gasteiger partial charge in [0.2, 0.25) is 5.88 Å². The number of amides is 1. The Labute approximate surface area is 98.3 Å². The number of aromatic nitrogens is 2. The number of hydrogen-bond donors (Lipinski definition) is 1. The molecule has 2 aromatic heterocycles. The SMILES string of the molecule is COc1cc(-c2ccncc2C(N)=O)ccn1. The van der Waals surface area contributed by atoms with Crippen molar-refractivity contribution in [3.63, 3.8) is 0 Å². The first-order valence-electron chi connectivity index (χ1n) is 4.96. The van der Waals surface area contributed by atoms with Gasteiger partial charge in [-0.25, -0.2) is 4.98 Å². The molecule has 0 saturated heterocycles. The predicted molar refractivity (Wildman–Crippen MR) is 62.5 cm³/mol. The van der Waals surface area contributed by atoms with Crippen molar-refractivity contribution in [1.82, 2.24) is 9.97 Å². The van der Waals surface area contributed by atoms with E-state index in [1.807, 2.05) is 0 Å². The molecule has 0 fully saturated rings. The number of hydrogen-bond acceptors (Lipinski definition) is 4. The maximum atomic E-state index is 11.3.